The van der Waals surface area contributed by atoms with Crippen molar-refractivity contribution in [1.82, 2.24) is 26.3 Å². The molecule has 8 N–H and O–H groups in total. The van der Waals surface area contributed by atoms with E-state index in [9.17, 15) is 29.4 Å². The van der Waals surface area contributed by atoms with E-state index in [2.05, 4.69) is 26.3 Å². The Kier molecular flexibility index (Phi) is 14.7. The van der Waals surface area contributed by atoms with Gasteiger partial charge in [-0.15, -0.1) is 11.6 Å². The van der Waals surface area contributed by atoms with Crippen molar-refractivity contribution in [3.8, 4) is 0 Å². The summed E-state index contributed by atoms with van der Waals surface area (Å²) in [6.07, 6.45) is 1.04. The predicted octanol–water partition coefficient (Wildman–Crippen LogP) is 0.734. The van der Waals surface area contributed by atoms with Crippen molar-refractivity contribution in [1.29, 1.82) is 0 Å². The summed E-state index contributed by atoms with van der Waals surface area (Å²) in [5.74, 6) is -6.07. The number of hydrogen-bond donors (Lipinski definition) is 7. The number of primary amides is 1. The minimum Gasteiger partial charge on any atom is -0.368 e. The number of nitrogens with one attached hydrogen (secondary N) is 4. The van der Waals surface area contributed by atoms with Crippen LogP contribution in [0.3, 0.4) is 0 Å². The topological polar surface area (TPSA) is 196 Å². The van der Waals surface area contributed by atoms with Gasteiger partial charge in [0, 0.05) is 12.7 Å². The number of nitrogens with two attached hydrogens (primary N) is 1. The zero-order valence-electron chi connectivity index (χ0n) is 25.6. The van der Waals surface area contributed by atoms with Gasteiger partial charge in [-0.1, -0.05) is 64.1 Å². The van der Waals surface area contributed by atoms with Crippen LogP contribution in [0.4, 0.5) is 0 Å². The monoisotopic (exact) mass is 632 g/mol. The normalized spacial score (nSPS) is 14.4. The zero-order valence-corrected chi connectivity index (χ0v) is 26.4. The van der Waals surface area contributed by atoms with Gasteiger partial charge >= 0.3 is 0 Å². The molecule has 0 spiro atoms. The molecule has 2 rings (SSSR count). The predicted molar refractivity (Wildman–Crippen MR) is 167 cm³/mol. The number of rotatable bonds is 18. The highest BCUT2D eigenvalue weighted by atomic mass is 35.5. The summed E-state index contributed by atoms with van der Waals surface area (Å²) in [5, 5.41) is 33.1. The van der Waals surface area contributed by atoms with Gasteiger partial charge in [0.05, 0.1) is 30.1 Å². The standard InChI is InChI=1S/C31H45ClN6O6/c1-19(2)14-23(28(33)40)37-29(41)24(17-32)36-26(39)16-31(43,44)25(15-21-10-6-5-7-11-21)38-30(42)27(20(3)4)35-18-22-12-8-9-13-34-22/h5-13,19-20,23-25,27,35,43-44H,14-18H2,1-4H3,(H2,33,40)(H,36,39)(H,37,41)(H,38,42)/t23-,24-,25-,27-/m0/s1. The molecule has 1 aromatic carbocycles. The fourth-order valence-corrected chi connectivity index (χ4v) is 4.78. The number of pyridine rings is 1. The first-order chi connectivity index (χ1) is 20.7. The molecule has 0 aliphatic heterocycles. The molecular weight excluding hydrogens is 588 g/mol. The second-order valence-corrected chi connectivity index (χ2v) is 11.9. The second kappa shape index (κ2) is 17.6. The smallest absolute Gasteiger partial charge is 0.244 e. The molecule has 2 aromatic rings. The molecule has 12 nitrogen and oxygen atoms in total. The third-order valence-corrected chi connectivity index (χ3v) is 7.24. The summed E-state index contributed by atoms with van der Waals surface area (Å²) in [6, 6.07) is 10.0. The molecule has 0 fully saturated rings. The Bertz CT molecular complexity index is 1210. The molecule has 0 aliphatic rings. The van der Waals surface area contributed by atoms with Crippen LogP contribution >= 0.6 is 11.6 Å². The number of carbonyl (C=O) groups is 4. The first-order valence-corrected chi connectivity index (χ1v) is 15.1. The highest BCUT2D eigenvalue weighted by Gasteiger charge is 2.40. The summed E-state index contributed by atoms with van der Waals surface area (Å²) in [4.78, 5) is 55.3. The number of carbonyl (C=O) groups excluding carboxylic acids is 4. The molecule has 4 amide bonds. The van der Waals surface area contributed by atoms with Crippen LogP contribution in [0.1, 0.15) is 51.8 Å². The largest absolute Gasteiger partial charge is 0.368 e. The molecular formula is C31H45ClN6O6. The average molecular weight is 633 g/mol. The lowest BCUT2D eigenvalue weighted by atomic mass is 9.94. The van der Waals surface area contributed by atoms with E-state index in [1.165, 1.54) is 0 Å². The number of aliphatic hydroxyl groups is 2. The molecule has 0 saturated heterocycles. The van der Waals surface area contributed by atoms with Crippen molar-refractivity contribution < 1.29 is 29.4 Å². The van der Waals surface area contributed by atoms with Gasteiger partial charge < -0.3 is 31.9 Å². The van der Waals surface area contributed by atoms with E-state index < -0.39 is 60.0 Å². The highest BCUT2D eigenvalue weighted by molar-refractivity contribution is 6.20. The third-order valence-electron chi connectivity index (χ3n) is 6.93. The van der Waals surface area contributed by atoms with E-state index >= 15 is 0 Å². The minimum atomic E-state index is -2.72. The van der Waals surface area contributed by atoms with Gasteiger partial charge in [-0.25, -0.2) is 0 Å². The lowest BCUT2D eigenvalue weighted by molar-refractivity contribution is -0.192. The maximum Gasteiger partial charge on any atom is 0.244 e. The highest BCUT2D eigenvalue weighted by Crippen LogP contribution is 2.19. The molecule has 0 aliphatic carbocycles. The number of nitrogens with zero attached hydrogens (tertiary/aromatic N) is 1. The van der Waals surface area contributed by atoms with Crippen molar-refractivity contribution in [2.45, 2.75) is 83.5 Å². The SMILES string of the molecule is CC(C)C[C@H](NC(=O)[C@H](CCl)NC(=O)CC(O)(O)[C@H](Cc1ccccc1)NC(=O)[C@@H](NCc1ccccn1)C(C)C)C(N)=O. The van der Waals surface area contributed by atoms with Crippen molar-refractivity contribution in [2.75, 3.05) is 5.88 Å². The maximum absolute atomic E-state index is 13.5. The van der Waals surface area contributed by atoms with Crippen LogP contribution in [0.5, 0.6) is 0 Å². The molecule has 13 heteroatoms. The van der Waals surface area contributed by atoms with Crippen LogP contribution in [-0.2, 0) is 32.1 Å². The quantitative estimate of drug-likeness (QED) is 0.0922. The lowest BCUT2D eigenvalue weighted by Crippen LogP contribution is -2.60. The third kappa shape index (κ3) is 12.2. The van der Waals surface area contributed by atoms with E-state index in [0.29, 0.717) is 12.1 Å². The van der Waals surface area contributed by atoms with Gasteiger partial charge in [-0.3, -0.25) is 29.5 Å². The molecule has 0 saturated carbocycles. The summed E-state index contributed by atoms with van der Waals surface area (Å²) in [7, 11) is 0. The van der Waals surface area contributed by atoms with E-state index in [0.717, 1.165) is 5.69 Å². The lowest BCUT2D eigenvalue weighted by Gasteiger charge is -2.34. The van der Waals surface area contributed by atoms with Crippen LogP contribution in [0.25, 0.3) is 0 Å². The van der Waals surface area contributed by atoms with Crippen molar-refractivity contribution in [2.24, 2.45) is 17.6 Å². The Balaban J connectivity index is 2.18. The molecule has 1 heterocycles. The van der Waals surface area contributed by atoms with Crippen molar-refractivity contribution >= 4 is 35.2 Å². The molecule has 0 unspecified atom stereocenters. The minimum absolute atomic E-state index is 0.00711. The molecule has 4 atom stereocenters. The first-order valence-electron chi connectivity index (χ1n) is 14.6. The Morgan fingerprint density at radius 2 is 1.57 bits per heavy atom. The molecule has 1 aromatic heterocycles. The average Bonchev–Trinajstić information content (AvgIpc) is 2.95. The number of benzene rings is 1. The number of alkyl halides is 1. The number of halogens is 1. The first kappa shape index (κ1) is 36.6. The van der Waals surface area contributed by atoms with Crippen LogP contribution in [0.15, 0.2) is 54.7 Å². The van der Waals surface area contributed by atoms with Crippen LogP contribution in [0.2, 0.25) is 0 Å². The van der Waals surface area contributed by atoms with Gasteiger partial charge in [0.1, 0.15) is 12.1 Å². The summed E-state index contributed by atoms with van der Waals surface area (Å²) in [5.41, 5.74) is 6.82. The Morgan fingerprint density at radius 1 is 0.909 bits per heavy atom. The van der Waals surface area contributed by atoms with Crippen molar-refractivity contribution in [3.05, 3.63) is 66.0 Å². The van der Waals surface area contributed by atoms with Gasteiger partial charge in [0.2, 0.25) is 23.6 Å². The van der Waals surface area contributed by atoms with E-state index in [4.69, 9.17) is 17.3 Å². The van der Waals surface area contributed by atoms with Gasteiger partial charge in [0.25, 0.3) is 0 Å². The fourth-order valence-electron chi connectivity index (χ4n) is 4.56. The molecule has 242 valence electrons. The summed E-state index contributed by atoms with van der Waals surface area (Å²) in [6.45, 7) is 7.72. The van der Waals surface area contributed by atoms with Crippen LogP contribution < -0.4 is 27.0 Å². The molecule has 0 bridgehead atoms. The summed E-state index contributed by atoms with van der Waals surface area (Å²) >= 11 is 5.94. The molecule has 0 radical (unpaired) electrons. The van der Waals surface area contributed by atoms with Crippen LogP contribution in [0, 0.1) is 11.8 Å². The van der Waals surface area contributed by atoms with Crippen LogP contribution in [-0.4, -0.2) is 74.7 Å². The molecule has 44 heavy (non-hydrogen) atoms. The summed E-state index contributed by atoms with van der Waals surface area (Å²) < 4.78 is 0. The Hall–Kier alpha value is -3.58. The van der Waals surface area contributed by atoms with Gasteiger partial charge in [-0.2, -0.15) is 0 Å². The Labute approximate surface area is 263 Å². The van der Waals surface area contributed by atoms with E-state index in [1.54, 1.807) is 42.6 Å². The maximum atomic E-state index is 13.5. The van der Waals surface area contributed by atoms with Crippen molar-refractivity contribution in [3.63, 3.8) is 0 Å². The Morgan fingerprint density at radius 3 is 2.11 bits per heavy atom. The second-order valence-electron chi connectivity index (χ2n) is 11.6. The number of amides is 4. The zero-order chi connectivity index (χ0) is 32.9. The van der Waals surface area contributed by atoms with Gasteiger partial charge in [-0.05, 0) is 42.4 Å². The van der Waals surface area contributed by atoms with E-state index in [-0.39, 0.29) is 30.6 Å². The number of hydrogen-bond acceptors (Lipinski definition) is 8. The number of aromatic nitrogens is 1. The fraction of sp³-hybridized carbons (Fsp3) is 0.516. The van der Waals surface area contributed by atoms with Gasteiger partial charge in [0.15, 0.2) is 5.79 Å². The van der Waals surface area contributed by atoms with E-state index in [1.807, 2.05) is 39.8 Å².